The van der Waals surface area contributed by atoms with E-state index in [0.29, 0.717) is 21.6 Å². The molecule has 0 saturated carbocycles. The van der Waals surface area contributed by atoms with E-state index in [4.69, 9.17) is 5.73 Å². The second-order valence-electron chi connectivity index (χ2n) is 3.83. The standard InChI is InChI=1S/C10H16N2O2S4/c11-5-9-10(1-2-17-9)18(13,14)12-6-8-7-15-3-4-16-8/h1-2,8,12H,3-7,11H2. The van der Waals surface area contributed by atoms with Crippen molar-refractivity contribution in [3.8, 4) is 0 Å². The minimum Gasteiger partial charge on any atom is -0.326 e. The van der Waals surface area contributed by atoms with Crippen molar-refractivity contribution in [1.29, 1.82) is 0 Å². The van der Waals surface area contributed by atoms with E-state index >= 15 is 0 Å². The van der Waals surface area contributed by atoms with Gasteiger partial charge >= 0.3 is 0 Å². The van der Waals surface area contributed by atoms with E-state index in [9.17, 15) is 8.42 Å². The molecule has 1 saturated heterocycles. The summed E-state index contributed by atoms with van der Waals surface area (Å²) in [6.07, 6.45) is 0. The van der Waals surface area contributed by atoms with Crippen molar-refractivity contribution in [3.05, 3.63) is 16.3 Å². The van der Waals surface area contributed by atoms with Crippen molar-refractivity contribution < 1.29 is 8.42 Å². The molecule has 1 aliphatic heterocycles. The number of thioether (sulfide) groups is 2. The minimum atomic E-state index is -3.40. The van der Waals surface area contributed by atoms with Crippen LogP contribution >= 0.6 is 34.9 Å². The van der Waals surface area contributed by atoms with Gasteiger partial charge < -0.3 is 5.73 Å². The van der Waals surface area contributed by atoms with Crippen LogP contribution in [0.2, 0.25) is 0 Å². The van der Waals surface area contributed by atoms with Gasteiger partial charge in [-0.1, -0.05) is 0 Å². The zero-order valence-corrected chi connectivity index (χ0v) is 13.1. The summed E-state index contributed by atoms with van der Waals surface area (Å²) in [4.78, 5) is 1.05. The number of nitrogens with two attached hydrogens (primary N) is 1. The maximum Gasteiger partial charge on any atom is 0.241 e. The van der Waals surface area contributed by atoms with Crippen LogP contribution in [0.15, 0.2) is 16.3 Å². The fourth-order valence-corrected chi connectivity index (χ4v) is 6.78. The van der Waals surface area contributed by atoms with E-state index in [-0.39, 0.29) is 6.54 Å². The molecular weight excluding hydrogens is 308 g/mol. The van der Waals surface area contributed by atoms with Crippen LogP contribution in [0.5, 0.6) is 0 Å². The van der Waals surface area contributed by atoms with Gasteiger partial charge in [-0.2, -0.15) is 23.5 Å². The van der Waals surface area contributed by atoms with Gasteiger partial charge in [0.15, 0.2) is 0 Å². The Kier molecular flexibility index (Phi) is 5.40. The Morgan fingerprint density at radius 3 is 2.94 bits per heavy atom. The monoisotopic (exact) mass is 324 g/mol. The molecule has 1 fully saturated rings. The van der Waals surface area contributed by atoms with Gasteiger partial charge in [0.2, 0.25) is 10.0 Å². The Morgan fingerprint density at radius 1 is 1.44 bits per heavy atom. The fraction of sp³-hybridized carbons (Fsp3) is 0.600. The molecule has 18 heavy (non-hydrogen) atoms. The Balaban J connectivity index is 1.99. The molecule has 0 radical (unpaired) electrons. The molecule has 0 bridgehead atoms. The largest absolute Gasteiger partial charge is 0.326 e. The minimum absolute atomic E-state index is 0.266. The third-order valence-electron chi connectivity index (χ3n) is 2.57. The van der Waals surface area contributed by atoms with Crippen LogP contribution in [0, 0.1) is 0 Å². The SMILES string of the molecule is NCc1sccc1S(=O)(=O)NCC1CSCCS1. The molecule has 0 amide bonds. The molecule has 4 nitrogen and oxygen atoms in total. The molecule has 3 N–H and O–H groups in total. The second kappa shape index (κ2) is 6.62. The smallest absolute Gasteiger partial charge is 0.241 e. The van der Waals surface area contributed by atoms with Crippen molar-refractivity contribution in [1.82, 2.24) is 4.72 Å². The normalized spacial score (nSPS) is 21.1. The highest BCUT2D eigenvalue weighted by Gasteiger charge is 2.21. The van der Waals surface area contributed by atoms with Crippen LogP contribution in [0.3, 0.4) is 0 Å². The summed E-state index contributed by atoms with van der Waals surface area (Å²) in [5, 5.41) is 2.14. The zero-order valence-electron chi connectivity index (χ0n) is 9.79. The molecule has 1 aromatic heterocycles. The van der Waals surface area contributed by atoms with Crippen LogP contribution in [-0.4, -0.2) is 37.5 Å². The molecule has 1 aromatic rings. The molecule has 1 atom stereocenters. The van der Waals surface area contributed by atoms with Crippen LogP contribution in [-0.2, 0) is 16.6 Å². The average Bonchev–Trinajstić information content (AvgIpc) is 2.87. The fourth-order valence-electron chi connectivity index (χ4n) is 1.65. The number of hydrogen-bond donors (Lipinski definition) is 2. The summed E-state index contributed by atoms with van der Waals surface area (Å²) < 4.78 is 27.0. The molecule has 1 aliphatic rings. The summed E-state index contributed by atoms with van der Waals surface area (Å²) in [7, 11) is -3.40. The van der Waals surface area contributed by atoms with Crippen molar-refractivity contribution in [2.45, 2.75) is 16.7 Å². The molecule has 0 aliphatic carbocycles. The summed E-state index contributed by atoms with van der Waals surface area (Å²) >= 11 is 5.11. The van der Waals surface area contributed by atoms with E-state index in [1.54, 1.807) is 11.4 Å². The number of rotatable bonds is 5. The topological polar surface area (TPSA) is 72.2 Å². The highest BCUT2D eigenvalue weighted by molar-refractivity contribution is 8.06. The van der Waals surface area contributed by atoms with Crippen LogP contribution < -0.4 is 10.5 Å². The van der Waals surface area contributed by atoms with Gasteiger partial charge in [0, 0.05) is 40.5 Å². The van der Waals surface area contributed by atoms with Gasteiger partial charge in [-0.05, 0) is 11.4 Å². The Morgan fingerprint density at radius 2 is 2.28 bits per heavy atom. The number of sulfonamides is 1. The predicted molar refractivity (Wildman–Crippen MR) is 81.0 cm³/mol. The highest BCUT2D eigenvalue weighted by Crippen LogP contribution is 2.25. The van der Waals surface area contributed by atoms with Crippen LogP contribution in [0.4, 0.5) is 0 Å². The van der Waals surface area contributed by atoms with Gasteiger partial charge in [-0.3, -0.25) is 0 Å². The molecular formula is C10H16N2O2S4. The van der Waals surface area contributed by atoms with E-state index in [0.717, 1.165) is 17.3 Å². The van der Waals surface area contributed by atoms with Crippen molar-refractivity contribution >= 4 is 44.9 Å². The number of nitrogens with one attached hydrogen (secondary N) is 1. The predicted octanol–water partition coefficient (Wildman–Crippen LogP) is 1.33. The Bertz CT molecular complexity index is 480. The van der Waals surface area contributed by atoms with Crippen LogP contribution in [0.1, 0.15) is 4.88 Å². The van der Waals surface area contributed by atoms with Gasteiger partial charge in [0.1, 0.15) is 0 Å². The third-order valence-corrected chi connectivity index (χ3v) is 7.99. The maximum absolute atomic E-state index is 12.1. The van der Waals surface area contributed by atoms with E-state index in [1.165, 1.54) is 11.3 Å². The maximum atomic E-state index is 12.1. The number of hydrogen-bond acceptors (Lipinski definition) is 6. The molecule has 0 spiro atoms. The van der Waals surface area contributed by atoms with Crippen molar-refractivity contribution in [2.75, 3.05) is 23.8 Å². The van der Waals surface area contributed by atoms with Crippen molar-refractivity contribution in [2.24, 2.45) is 5.73 Å². The summed E-state index contributed by atoms with van der Waals surface area (Å²) in [6.45, 7) is 0.766. The van der Waals surface area contributed by atoms with E-state index < -0.39 is 10.0 Å². The van der Waals surface area contributed by atoms with Gasteiger partial charge in [0.05, 0.1) is 4.90 Å². The second-order valence-corrected chi connectivity index (χ2v) is 9.13. The van der Waals surface area contributed by atoms with E-state index in [1.807, 2.05) is 23.5 Å². The summed E-state index contributed by atoms with van der Waals surface area (Å²) in [5.74, 6) is 3.28. The number of thiophene rings is 1. The van der Waals surface area contributed by atoms with Crippen LogP contribution in [0.25, 0.3) is 0 Å². The Labute approximate surface area is 120 Å². The first kappa shape index (κ1) is 14.7. The van der Waals surface area contributed by atoms with Crippen molar-refractivity contribution in [3.63, 3.8) is 0 Å². The lowest BCUT2D eigenvalue weighted by atomic mass is 10.5. The lowest BCUT2D eigenvalue weighted by Gasteiger charge is -2.21. The van der Waals surface area contributed by atoms with E-state index in [2.05, 4.69) is 4.72 Å². The molecule has 102 valence electrons. The first-order valence-corrected chi connectivity index (χ1v) is 10.2. The quantitative estimate of drug-likeness (QED) is 0.855. The van der Waals surface area contributed by atoms with Gasteiger partial charge in [0.25, 0.3) is 0 Å². The summed E-state index contributed by atoms with van der Waals surface area (Å²) in [6, 6.07) is 1.62. The molecule has 1 unspecified atom stereocenters. The Hall–Kier alpha value is 0.270. The van der Waals surface area contributed by atoms with Gasteiger partial charge in [-0.25, -0.2) is 13.1 Å². The molecule has 0 aromatic carbocycles. The van der Waals surface area contributed by atoms with Gasteiger partial charge in [-0.15, -0.1) is 11.3 Å². The summed E-state index contributed by atoms with van der Waals surface area (Å²) in [5.41, 5.74) is 5.54. The lowest BCUT2D eigenvalue weighted by Crippen LogP contribution is -2.33. The highest BCUT2D eigenvalue weighted by atomic mass is 32.2. The third kappa shape index (κ3) is 3.64. The molecule has 8 heteroatoms. The lowest BCUT2D eigenvalue weighted by molar-refractivity contribution is 0.581. The zero-order chi connectivity index (χ0) is 13.0. The first-order chi connectivity index (χ1) is 8.63. The molecule has 2 heterocycles. The molecule has 2 rings (SSSR count). The first-order valence-electron chi connectivity index (χ1n) is 5.59. The average molecular weight is 325 g/mol.